The number of piperidine rings is 1. The van der Waals surface area contributed by atoms with Gasteiger partial charge in [-0.05, 0) is 50.7 Å². The quantitative estimate of drug-likeness (QED) is 0.329. The predicted molar refractivity (Wildman–Crippen MR) is 131 cm³/mol. The molecule has 0 radical (unpaired) electrons. The van der Waals surface area contributed by atoms with Gasteiger partial charge in [0, 0.05) is 29.1 Å². The SMILES string of the molecule is c1ccc(-c2noc(C3CC3)c2COC2CC3CC[C@H](C2)N3c2nc3ccccc3s2)cc1. The minimum absolute atomic E-state index is 0.277. The van der Waals surface area contributed by atoms with E-state index in [0.717, 1.165) is 40.9 Å². The monoisotopic (exact) mass is 457 g/mol. The van der Waals surface area contributed by atoms with Crippen LogP contribution in [-0.2, 0) is 11.3 Å². The lowest BCUT2D eigenvalue weighted by Gasteiger charge is -2.38. The summed E-state index contributed by atoms with van der Waals surface area (Å²) in [7, 11) is 0. The third-order valence-corrected chi connectivity index (χ3v) is 8.52. The number of fused-ring (bicyclic) bond motifs is 3. The highest BCUT2D eigenvalue weighted by molar-refractivity contribution is 7.22. The summed E-state index contributed by atoms with van der Waals surface area (Å²) in [6.07, 6.45) is 7.27. The van der Waals surface area contributed by atoms with Gasteiger partial charge in [-0.2, -0.15) is 0 Å². The van der Waals surface area contributed by atoms with E-state index in [-0.39, 0.29) is 6.10 Å². The van der Waals surface area contributed by atoms with Crippen LogP contribution < -0.4 is 4.90 Å². The van der Waals surface area contributed by atoms with E-state index in [9.17, 15) is 0 Å². The van der Waals surface area contributed by atoms with E-state index >= 15 is 0 Å². The van der Waals surface area contributed by atoms with Gasteiger partial charge in [0.05, 0.1) is 22.9 Å². The number of ether oxygens (including phenoxy) is 1. The summed E-state index contributed by atoms with van der Waals surface area (Å²) in [6, 6.07) is 19.9. The number of nitrogens with zero attached hydrogens (tertiary/aromatic N) is 3. The van der Waals surface area contributed by atoms with Crippen molar-refractivity contribution in [3.05, 3.63) is 65.9 Å². The highest BCUT2D eigenvalue weighted by atomic mass is 32.1. The van der Waals surface area contributed by atoms with E-state index in [4.69, 9.17) is 14.2 Å². The third kappa shape index (κ3) is 3.56. The molecular formula is C27H27N3O2S. The van der Waals surface area contributed by atoms with Gasteiger partial charge in [0.25, 0.3) is 0 Å². The van der Waals surface area contributed by atoms with Crippen molar-refractivity contribution in [2.75, 3.05) is 4.90 Å². The second-order valence-corrected chi connectivity index (χ2v) is 10.7. The largest absolute Gasteiger partial charge is 0.373 e. The molecule has 4 aromatic rings. The first kappa shape index (κ1) is 19.7. The highest BCUT2D eigenvalue weighted by Crippen LogP contribution is 2.46. The van der Waals surface area contributed by atoms with Gasteiger partial charge >= 0.3 is 0 Å². The Morgan fingerprint density at radius 3 is 2.45 bits per heavy atom. The number of rotatable bonds is 6. The number of para-hydroxylation sites is 1. The van der Waals surface area contributed by atoms with Crippen LogP contribution in [0.3, 0.4) is 0 Å². The molecule has 2 aromatic carbocycles. The van der Waals surface area contributed by atoms with Crippen molar-refractivity contribution in [2.24, 2.45) is 0 Å². The summed E-state index contributed by atoms with van der Waals surface area (Å²) >= 11 is 1.83. The zero-order valence-corrected chi connectivity index (χ0v) is 19.3. The van der Waals surface area contributed by atoms with Crippen LogP contribution >= 0.6 is 11.3 Å². The Balaban J connectivity index is 1.09. The molecule has 0 amide bonds. The molecule has 33 heavy (non-hydrogen) atoms. The van der Waals surface area contributed by atoms with E-state index in [0.29, 0.717) is 24.6 Å². The van der Waals surface area contributed by atoms with E-state index in [1.54, 1.807) is 0 Å². The van der Waals surface area contributed by atoms with Crippen molar-refractivity contribution < 1.29 is 9.26 Å². The smallest absolute Gasteiger partial charge is 0.186 e. The summed E-state index contributed by atoms with van der Waals surface area (Å²) in [5, 5.41) is 5.64. The topological polar surface area (TPSA) is 51.4 Å². The standard InChI is InChI=1S/C27H27N3O2S/c1-2-6-17(7-3-1)25-22(26(32-29-25)18-10-11-18)16-31-21-14-19-12-13-20(15-21)30(19)27-28-23-8-4-5-9-24(23)33-27/h1-9,18-21H,10-16H2/t19-,20?,21?/m1/s1. The normalized spacial score (nSPS) is 24.6. The molecule has 2 bridgehead atoms. The Morgan fingerprint density at radius 2 is 1.70 bits per heavy atom. The summed E-state index contributed by atoms with van der Waals surface area (Å²) in [5.41, 5.74) is 4.33. The van der Waals surface area contributed by atoms with Crippen LogP contribution in [0, 0.1) is 0 Å². The summed E-state index contributed by atoms with van der Waals surface area (Å²) in [4.78, 5) is 7.55. The number of benzene rings is 2. The number of aromatic nitrogens is 2. The van der Waals surface area contributed by atoms with Crippen molar-refractivity contribution in [3.63, 3.8) is 0 Å². The predicted octanol–water partition coefficient (Wildman–Crippen LogP) is 6.55. The van der Waals surface area contributed by atoms with Crippen molar-refractivity contribution in [1.82, 2.24) is 10.1 Å². The second-order valence-electron chi connectivity index (χ2n) is 9.68. The molecular weight excluding hydrogens is 430 g/mol. The van der Waals surface area contributed by atoms with Gasteiger partial charge in [0.2, 0.25) is 0 Å². The molecule has 3 fully saturated rings. The minimum Gasteiger partial charge on any atom is -0.373 e. The van der Waals surface area contributed by atoms with Crippen LogP contribution in [0.15, 0.2) is 59.1 Å². The van der Waals surface area contributed by atoms with E-state index in [2.05, 4.69) is 58.6 Å². The maximum atomic E-state index is 6.59. The molecule has 3 aliphatic rings. The molecule has 4 heterocycles. The third-order valence-electron chi connectivity index (χ3n) is 7.47. The van der Waals surface area contributed by atoms with Crippen molar-refractivity contribution in [2.45, 2.75) is 69.2 Å². The van der Waals surface area contributed by atoms with Gasteiger partial charge in [-0.25, -0.2) is 4.98 Å². The molecule has 2 unspecified atom stereocenters. The number of hydrogen-bond acceptors (Lipinski definition) is 6. The van der Waals surface area contributed by atoms with Gasteiger partial charge in [0.15, 0.2) is 5.13 Å². The molecule has 5 nitrogen and oxygen atoms in total. The summed E-state index contributed by atoms with van der Waals surface area (Å²) in [6.45, 7) is 0.588. The van der Waals surface area contributed by atoms with E-state index in [1.807, 2.05) is 17.4 Å². The second kappa shape index (κ2) is 7.96. The van der Waals surface area contributed by atoms with Crippen molar-refractivity contribution >= 4 is 26.7 Å². The van der Waals surface area contributed by atoms with Crippen molar-refractivity contribution in [1.29, 1.82) is 0 Å². The first-order valence-corrected chi connectivity index (χ1v) is 12.9. The van der Waals surface area contributed by atoms with Crippen molar-refractivity contribution in [3.8, 4) is 11.3 Å². The summed E-state index contributed by atoms with van der Waals surface area (Å²) < 4.78 is 13.7. The fourth-order valence-electron chi connectivity index (χ4n) is 5.70. The number of anilines is 1. The fourth-order valence-corrected chi connectivity index (χ4v) is 6.81. The minimum atomic E-state index is 0.277. The Morgan fingerprint density at radius 1 is 0.939 bits per heavy atom. The van der Waals surface area contributed by atoms with Gasteiger partial charge in [-0.15, -0.1) is 0 Å². The van der Waals surface area contributed by atoms with Gasteiger partial charge in [-0.1, -0.05) is 59.0 Å². The number of thiazole rings is 1. The zero-order valence-electron chi connectivity index (χ0n) is 18.5. The fraction of sp³-hybridized carbons (Fsp3) is 0.407. The van der Waals surface area contributed by atoms with Gasteiger partial charge in [-0.3, -0.25) is 0 Å². The highest BCUT2D eigenvalue weighted by Gasteiger charge is 2.43. The van der Waals surface area contributed by atoms with E-state index in [1.165, 1.54) is 35.5 Å². The molecule has 1 saturated carbocycles. The Labute approximate surface area is 197 Å². The van der Waals surface area contributed by atoms with Crippen LogP contribution in [0.1, 0.15) is 55.8 Å². The molecule has 3 atom stereocenters. The average Bonchev–Trinajstić information content (AvgIpc) is 3.36. The average molecular weight is 458 g/mol. The van der Waals surface area contributed by atoms with Crippen LogP contribution in [0.2, 0.25) is 0 Å². The first-order valence-electron chi connectivity index (χ1n) is 12.1. The Bertz CT molecular complexity index is 1230. The molecule has 2 saturated heterocycles. The molecule has 2 aromatic heterocycles. The molecule has 2 aliphatic heterocycles. The maximum absolute atomic E-state index is 6.59. The number of hydrogen-bond donors (Lipinski definition) is 0. The molecule has 1 aliphatic carbocycles. The molecule has 0 N–H and O–H groups in total. The van der Waals surface area contributed by atoms with Gasteiger partial charge in [0.1, 0.15) is 11.5 Å². The molecule has 0 spiro atoms. The Hall–Kier alpha value is -2.70. The van der Waals surface area contributed by atoms with Crippen LogP contribution in [0.4, 0.5) is 5.13 Å². The zero-order chi connectivity index (χ0) is 21.8. The van der Waals surface area contributed by atoms with Crippen LogP contribution in [0.25, 0.3) is 21.5 Å². The van der Waals surface area contributed by atoms with Crippen LogP contribution in [-0.4, -0.2) is 28.3 Å². The lowest BCUT2D eigenvalue weighted by Crippen LogP contribution is -2.45. The lowest BCUT2D eigenvalue weighted by atomic mass is 10.00. The lowest BCUT2D eigenvalue weighted by molar-refractivity contribution is 0.0147. The van der Waals surface area contributed by atoms with Gasteiger partial charge < -0.3 is 14.2 Å². The maximum Gasteiger partial charge on any atom is 0.186 e. The Kier molecular flexibility index (Phi) is 4.76. The molecule has 168 valence electrons. The summed E-state index contributed by atoms with van der Waals surface area (Å²) in [5.74, 6) is 1.56. The van der Waals surface area contributed by atoms with Crippen LogP contribution in [0.5, 0.6) is 0 Å². The van der Waals surface area contributed by atoms with E-state index < -0.39 is 0 Å². The molecule has 6 heteroatoms. The molecule has 7 rings (SSSR count). The first-order chi connectivity index (χ1) is 16.3.